The van der Waals surface area contributed by atoms with Gasteiger partial charge in [0.1, 0.15) is 5.69 Å². The molecule has 1 saturated carbocycles. The van der Waals surface area contributed by atoms with E-state index in [0.717, 1.165) is 18.9 Å². The molecular formula is C15H19N3O5. The van der Waals surface area contributed by atoms with Crippen molar-refractivity contribution in [3.05, 3.63) is 33.9 Å². The minimum atomic E-state index is -0.948. The molecule has 2 rings (SSSR count). The minimum Gasteiger partial charge on any atom is -0.449 e. The van der Waals surface area contributed by atoms with Gasteiger partial charge in [-0.1, -0.05) is 0 Å². The highest BCUT2D eigenvalue weighted by molar-refractivity contribution is 5.93. The maximum absolute atomic E-state index is 12.1. The highest BCUT2D eigenvalue weighted by Gasteiger charge is 2.28. The zero-order valence-electron chi connectivity index (χ0n) is 13.2. The van der Waals surface area contributed by atoms with Crippen LogP contribution in [0.5, 0.6) is 0 Å². The summed E-state index contributed by atoms with van der Waals surface area (Å²) in [6, 6.07) is 4.24. The number of nitro groups is 1. The number of nitro benzene ring substituents is 1. The molecule has 0 unspecified atom stereocenters. The Balaban J connectivity index is 2.10. The summed E-state index contributed by atoms with van der Waals surface area (Å²) in [4.78, 5) is 36.0. The molecule has 1 aliphatic rings. The molecule has 1 aromatic rings. The van der Waals surface area contributed by atoms with E-state index in [-0.39, 0.29) is 23.2 Å². The lowest BCUT2D eigenvalue weighted by Gasteiger charge is -2.15. The number of carbonyl (C=O) groups excluding carboxylic acids is 2. The molecule has 1 N–H and O–H groups in total. The van der Waals surface area contributed by atoms with Gasteiger partial charge in [-0.2, -0.15) is 0 Å². The Morgan fingerprint density at radius 1 is 1.39 bits per heavy atom. The highest BCUT2D eigenvalue weighted by Crippen LogP contribution is 2.28. The summed E-state index contributed by atoms with van der Waals surface area (Å²) in [5.74, 6) is -1.13. The zero-order valence-corrected chi connectivity index (χ0v) is 13.2. The van der Waals surface area contributed by atoms with Crippen LogP contribution in [-0.4, -0.2) is 43.0 Å². The second kappa shape index (κ2) is 6.64. The number of nitrogens with one attached hydrogen (secondary N) is 1. The fraction of sp³-hybridized carbons (Fsp3) is 0.467. The van der Waals surface area contributed by atoms with Gasteiger partial charge in [0.25, 0.3) is 11.6 Å². The Kier molecular flexibility index (Phi) is 4.83. The molecule has 8 nitrogen and oxygen atoms in total. The van der Waals surface area contributed by atoms with Crippen molar-refractivity contribution in [1.29, 1.82) is 0 Å². The molecule has 1 fully saturated rings. The van der Waals surface area contributed by atoms with E-state index in [0.29, 0.717) is 5.69 Å². The first-order chi connectivity index (χ1) is 10.8. The monoisotopic (exact) mass is 321 g/mol. The van der Waals surface area contributed by atoms with E-state index in [1.165, 1.54) is 19.1 Å². The van der Waals surface area contributed by atoms with E-state index in [2.05, 4.69) is 5.32 Å². The molecular weight excluding hydrogens is 302 g/mol. The summed E-state index contributed by atoms with van der Waals surface area (Å²) in [7, 11) is 3.34. The number of ether oxygens (including phenoxy) is 1. The average Bonchev–Trinajstić information content (AvgIpc) is 3.30. The van der Waals surface area contributed by atoms with Gasteiger partial charge in [-0.3, -0.25) is 14.9 Å². The lowest BCUT2D eigenvalue weighted by atomic mass is 10.1. The van der Waals surface area contributed by atoms with Crippen LogP contribution in [0, 0.1) is 10.1 Å². The highest BCUT2D eigenvalue weighted by atomic mass is 16.6. The van der Waals surface area contributed by atoms with Crippen LogP contribution >= 0.6 is 0 Å². The van der Waals surface area contributed by atoms with Crippen LogP contribution < -0.4 is 10.2 Å². The lowest BCUT2D eigenvalue weighted by molar-refractivity contribution is -0.384. The Bertz CT molecular complexity index is 640. The van der Waals surface area contributed by atoms with E-state index in [9.17, 15) is 19.7 Å². The van der Waals surface area contributed by atoms with Gasteiger partial charge in [-0.25, -0.2) is 4.79 Å². The molecule has 23 heavy (non-hydrogen) atoms. The summed E-state index contributed by atoms with van der Waals surface area (Å²) in [6.07, 6.45) is 0.922. The van der Waals surface area contributed by atoms with Crippen molar-refractivity contribution in [3.63, 3.8) is 0 Å². The zero-order chi connectivity index (χ0) is 17.1. The number of anilines is 1. The third-order valence-electron chi connectivity index (χ3n) is 3.47. The molecule has 8 heteroatoms. The van der Waals surface area contributed by atoms with E-state index < -0.39 is 17.0 Å². The van der Waals surface area contributed by atoms with Crippen molar-refractivity contribution in [2.24, 2.45) is 0 Å². The SMILES string of the molecule is C[C@@H](OC(=O)c1ccc(N(C)C)c([N+](=O)[O-])c1)C(=O)NC1CC1. The predicted octanol–water partition coefficient (Wildman–Crippen LogP) is 1.48. The maximum atomic E-state index is 12.1. The van der Waals surface area contributed by atoms with Crippen LogP contribution in [0.2, 0.25) is 0 Å². The predicted molar refractivity (Wildman–Crippen MR) is 83.5 cm³/mol. The van der Waals surface area contributed by atoms with Gasteiger partial charge in [0.2, 0.25) is 0 Å². The van der Waals surface area contributed by atoms with Crippen molar-refractivity contribution < 1.29 is 19.2 Å². The minimum absolute atomic E-state index is 0.0355. The second-order valence-corrected chi connectivity index (χ2v) is 5.69. The van der Waals surface area contributed by atoms with Crippen LogP contribution in [0.25, 0.3) is 0 Å². The fourth-order valence-corrected chi connectivity index (χ4v) is 2.00. The average molecular weight is 321 g/mol. The first-order valence-corrected chi connectivity index (χ1v) is 7.26. The topological polar surface area (TPSA) is 102 Å². The van der Waals surface area contributed by atoms with Gasteiger partial charge in [-0.15, -0.1) is 0 Å². The molecule has 0 saturated heterocycles. The summed E-state index contributed by atoms with van der Waals surface area (Å²) >= 11 is 0. The second-order valence-electron chi connectivity index (χ2n) is 5.69. The number of carbonyl (C=O) groups is 2. The molecule has 0 aromatic heterocycles. The van der Waals surface area contributed by atoms with Crippen molar-refractivity contribution in [2.45, 2.75) is 31.9 Å². The fourth-order valence-electron chi connectivity index (χ4n) is 2.00. The van der Waals surface area contributed by atoms with Gasteiger partial charge < -0.3 is 15.0 Å². The summed E-state index contributed by atoms with van der Waals surface area (Å²) in [5, 5.41) is 13.9. The van der Waals surface area contributed by atoms with Crippen LogP contribution in [0.3, 0.4) is 0 Å². The molecule has 1 aromatic carbocycles. The molecule has 0 bridgehead atoms. The Hall–Kier alpha value is -2.64. The number of hydrogen-bond acceptors (Lipinski definition) is 6. The standard InChI is InChI=1S/C15H19N3O5/c1-9(14(19)16-11-5-6-11)23-15(20)10-4-7-12(17(2)3)13(8-10)18(21)22/h4,7-9,11H,5-6H2,1-3H3,(H,16,19)/t9-/m1/s1. The Morgan fingerprint density at radius 3 is 2.57 bits per heavy atom. The molecule has 0 spiro atoms. The van der Waals surface area contributed by atoms with Crippen molar-refractivity contribution in [1.82, 2.24) is 5.32 Å². The summed E-state index contributed by atoms with van der Waals surface area (Å²) in [5.41, 5.74) is 0.221. The summed E-state index contributed by atoms with van der Waals surface area (Å²) in [6.45, 7) is 1.47. The van der Waals surface area contributed by atoms with Crippen LogP contribution in [-0.2, 0) is 9.53 Å². The molecule has 1 amide bonds. The largest absolute Gasteiger partial charge is 0.449 e. The molecule has 0 heterocycles. The third kappa shape index (κ3) is 4.18. The molecule has 0 radical (unpaired) electrons. The van der Waals surface area contributed by atoms with Crippen LogP contribution in [0.4, 0.5) is 11.4 Å². The smallest absolute Gasteiger partial charge is 0.339 e. The number of amides is 1. The van der Waals surface area contributed by atoms with Gasteiger partial charge in [0.05, 0.1) is 10.5 Å². The third-order valence-corrected chi connectivity index (χ3v) is 3.47. The molecule has 124 valence electrons. The quantitative estimate of drug-likeness (QED) is 0.484. The van der Waals surface area contributed by atoms with Gasteiger partial charge in [-0.05, 0) is 31.9 Å². The number of benzene rings is 1. The molecule has 0 aliphatic heterocycles. The van der Waals surface area contributed by atoms with Crippen molar-refractivity contribution in [3.8, 4) is 0 Å². The molecule has 1 atom stereocenters. The van der Waals surface area contributed by atoms with Crippen molar-refractivity contribution in [2.75, 3.05) is 19.0 Å². The Morgan fingerprint density at radius 2 is 2.04 bits per heavy atom. The van der Waals surface area contributed by atoms with Gasteiger partial charge >= 0.3 is 5.97 Å². The normalized spacial score (nSPS) is 14.7. The van der Waals surface area contributed by atoms with Crippen LogP contribution in [0.15, 0.2) is 18.2 Å². The maximum Gasteiger partial charge on any atom is 0.339 e. The number of nitrogens with zero attached hydrogens (tertiary/aromatic N) is 2. The van der Waals surface area contributed by atoms with Gasteiger partial charge in [0.15, 0.2) is 6.10 Å². The van der Waals surface area contributed by atoms with E-state index in [1.54, 1.807) is 19.0 Å². The lowest BCUT2D eigenvalue weighted by Crippen LogP contribution is -2.37. The Labute approximate surface area is 133 Å². The van der Waals surface area contributed by atoms with E-state index in [1.807, 2.05) is 0 Å². The van der Waals surface area contributed by atoms with Crippen LogP contribution in [0.1, 0.15) is 30.1 Å². The first-order valence-electron chi connectivity index (χ1n) is 7.26. The van der Waals surface area contributed by atoms with E-state index >= 15 is 0 Å². The number of hydrogen-bond donors (Lipinski definition) is 1. The summed E-state index contributed by atoms with van der Waals surface area (Å²) < 4.78 is 5.07. The van der Waals surface area contributed by atoms with Crippen molar-refractivity contribution >= 4 is 23.3 Å². The molecule has 1 aliphatic carbocycles. The van der Waals surface area contributed by atoms with E-state index in [4.69, 9.17) is 4.74 Å². The first kappa shape index (κ1) is 16.7. The number of rotatable bonds is 6. The number of esters is 1. The van der Waals surface area contributed by atoms with Gasteiger partial charge in [0, 0.05) is 26.2 Å².